The lowest BCUT2D eigenvalue weighted by molar-refractivity contribution is 0.0963. The average molecular weight is 332 g/mol. The van der Waals surface area contributed by atoms with Crippen molar-refractivity contribution in [1.82, 2.24) is 10.2 Å². The van der Waals surface area contributed by atoms with Crippen LogP contribution in [0.2, 0.25) is 5.02 Å². The second-order valence-electron chi connectivity index (χ2n) is 5.07. The first-order valence-electron chi connectivity index (χ1n) is 7.08. The molecule has 0 aliphatic rings. The number of carbonyl (C=O) groups is 2. The highest BCUT2D eigenvalue weighted by atomic mass is 35.5. The smallest absolute Gasteiger partial charge is 0.321 e. The Morgan fingerprint density at radius 2 is 1.83 bits per heavy atom. The first-order chi connectivity index (χ1) is 11.0. The van der Waals surface area contributed by atoms with E-state index in [-0.39, 0.29) is 11.9 Å². The highest BCUT2D eigenvalue weighted by molar-refractivity contribution is 6.30. The molecule has 2 aromatic rings. The molecule has 0 unspecified atom stereocenters. The summed E-state index contributed by atoms with van der Waals surface area (Å²) in [6, 6.07) is 13.9. The Bertz CT molecular complexity index is 701. The Labute approximate surface area is 140 Å². The Morgan fingerprint density at radius 3 is 2.43 bits per heavy atom. The molecule has 0 saturated carbocycles. The van der Waals surface area contributed by atoms with Crippen molar-refractivity contribution in [3.63, 3.8) is 0 Å². The minimum Gasteiger partial charge on any atom is -0.355 e. The SMILES string of the molecule is CNC(=O)c1ccc(CN(C)C(=O)Nc2cccc(Cl)c2)cc1. The van der Waals surface area contributed by atoms with E-state index in [0.29, 0.717) is 22.8 Å². The first kappa shape index (κ1) is 16.8. The molecule has 0 aliphatic carbocycles. The maximum atomic E-state index is 12.2. The van der Waals surface area contributed by atoms with Crippen LogP contribution in [0.5, 0.6) is 0 Å². The van der Waals surface area contributed by atoms with Crippen LogP contribution in [0.4, 0.5) is 10.5 Å². The maximum Gasteiger partial charge on any atom is 0.321 e. The lowest BCUT2D eigenvalue weighted by Crippen LogP contribution is -2.30. The monoisotopic (exact) mass is 331 g/mol. The van der Waals surface area contributed by atoms with Gasteiger partial charge in [0.05, 0.1) is 0 Å². The van der Waals surface area contributed by atoms with Gasteiger partial charge in [-0.2, -0.15) is 0 Å². The molecule has 0 bridgehead atoms. The van der Waals surface area contributed by atoms with Crippen LogP contribution in [0.25, 0.3) is 0 Å². The van der Waals surface area contributed by atoms with Gasteiger partial charge in [0.2, 0.25) is 0 Å². The molecule has 120 valence electrons. The van der Waals surface area contributed by atoms with Gasteiger partial charge in [-0.15, -0.1) is 0 Å². The number of amides is 3. The summed E-state index contributed by atoms with van der Waals surface area (Å²) in [5, 5.41) is 5.91. The molecule has 6 heteroatoms. The number of anilines is 1. The predicted molar refractivity (Wildman–Crippen MR) is 91.8 cm³/mol. The zero-order valence-corrected chi connectivity index (χ0v) is 13.7. The van der Waals surface area contributed by atoms with Crippen LogP contribution in [-0.2, 0) is 6.54 Å². The molecule has 0 aliphatic heterocycles. The number of halogens is 1. The van der Waals surface area contributed by atoms with Crippen molar-refractivity contribution in [1.29, 1.82) is 0 Å². The zero-order valence-electron chi connectivity index (χ0n) is 13.0. The molecule has 0 aromatic heterocycles. The third kappa shape index (κ3) is 4.72. The van der Waals surface area contributed by atoms with Crippen molar-refractivity contribution in [3.05, 3.63) is 64.7 Å². The highest BCUT2D eigenvalue weighted by Crippen LogP contribution is 2.15. The number of carbonyl (C=O) groups excluding carboxylic acids is 2. The van der Waals surface area contributed by atoms with E-state index >= 15 is 0 Å². The third-order valence-electron chi connectivity index (χ3n) is 3.29. The summed E-state index contributed by atoms with van der Waals surface area (Å²) in [6.45, 7) is 0.431. The van der Waals surface area contributed by atoms with E-state index in [0.717, 1.165) is 5.56 Å². The molecule has 2 aromatic carbocycles. The molecule has 2 N–H and O–H groups in total. The van der Waals surface area contributed by atoms with E-state index in [1.165, 1.54) is 0 Å². The Kier molecular flexibility index (Phi) is 5.60. The van der Waals surface area contributed by atoms with Crippen LogP contribution >= 0.6 is 11.6 Å². The number of nitrogens with zero attached hydrogens (tertiary/aromatic N) is 1. The summed E-state index contributed by atoms with van der Waals surface area (Å²) in [4.78, 5) is 25.2. The average Bonchev–Trinajstić information content (AvgIpc) is 2.54. The maximum absolute atomic E-state index is 12.2. The Morgan fingerprint density at radius 1 is 1.13 bits per heavy atom. The van der Waals surface area contributed by atoms with Gasteiger partial charge >= 0.3 is 6.03 Å². The molecule has 3 amide bonds. The highest BCUT2D eigenvalue weighted by Gasteiger charge is 2.10. The van der Waals surface area contributed by atoms with E-state index in [1.807, 2.05) is 12.1 Å². The van der Waals surface area contributed by atoms with Crippen LogP contribution in [0.1, 0.15) is 15.9 Å². The van der Waals surface area contributed by atoms with E-state index < -0.39 is 0 Å². The number of rotatable bonds is 4. The van der Waals surface area contributed by atoms with Crippen LogP contribution in [0.15, 0.2) is 48.5 Å². The quantitative estimate of drug-likeness (QED) is 0.902. The van der Waals surface area contributed by atoms with Crippen LogP contribution in [0.3, 0.4) is 0 Å². The molecule has 5 nitrogen and oxygen atoms in total. The van der Waals surface area contributed by atoms with Crippen LogP contribution in [0, 0.1) is 0 Å². The van der Waals surface area contributed by atoms with Crippen molar-refractivity contribution in [3.8, 4) is 0 Å². The van der Waals surface area contributed by atoms with Gasteiger partial charge in [0.1, 0.15) is 0 Å². The predicted octanol–water partition coefficient (Wildman–Crippen LogP) is 3.36. The number of benzene rings is 2. The number of hydrogen-bond acceptors (Lipinski definition) is 2. The second-order valence-corrected chi connectivity index (χ2v) is 5.51. The summed E-state index contributed by atoms with van der Waals surface area (Å²) in [6.07, 6.45) is 0. The van der Waals surface area contributed by atoms with E-state index in [2.05, 4.69) is 10.6 Å². The molecule has 23 heavy (non-hydrogen) atoms. The minimum absolute atomic E-state index is 0.136. The van der Waals surface area contributed by atoms with E-state index in [9.17, 15) is 9.59 Å². The normalized spacial score (nSPS) is 10.0. The van der Waals surface area contributed by atoms with Gasteiger partial charge in [-0.3, -0.25) is 4.79 Å². The topological polar surface area (TPSA) is 61.4 Å². The number of hydrogen-bond donors (Lipinski definition) is 2. The van der Waals surface area contributed by atoms with Crippen LogP contribution < -0.4 is 10.6 Å². The zero-order chi connectivity index (χ0) is 16.8. The van der Waals surface area contributed by atoms with Crippen LogP contribution in [-0.4, -0.2) is 30.9 Å². The van der Waals surface area contributed by atoms with Gasteiger partial charge in [0, 0.05) is 36.9 Å². The minimum atomic E-state index is -0.234. The summed E-state index contributed by atoms with van der Waals surface area (Å²) >= 11 is 5.89. The summed E-state index contributed by atoms with van der Waals surface area (Å²) in [5.74, 6) is -0.136. The van der Waals surface area contributed by atoms with Crippen molar-refractivity contribution >= 4 is 29.2 Å². The molecule has 0 fully saturated rings. The fourth-order valence-electron chi connectivity index (χ4n) is 2.04. The lowest BCUT2D eigenvalue weighted by Gasteiger charge is -2.18. The Hall–Kier alpha value is -2.53. The summed E-state index contributed by atoms with van der Waals surface area (Å²) < 4.78 is 0. The molecular weight excluding hydrogens is 314 g/mol. The fourth-order valence-corrected chi connectivity index (χ4v) is 2.23. The number of urea groups is 1. The standard InChI is InChI=1S/C17H18ClN3O2/c1-19-16(22)13-8-6-12(7-9-13)11-21(2)17(23)20-15-5-3-4-14(18)10-15/h3-10H,11H2,1-2H3,(H,19,22)(H,20,23). The third-order valence-corrected chi connectivity index (χ3v) is 3.52. The molecular formula is C17H18ClN3O2. The summed E-state index contributed by atoms with van der Waals surface area (Å²) in [5.41, 5.74) is 2.16. The van der Waals surface area contributed by atoms with Crippen molar-refractivity contribution in [2.24, 2.45) is 0 Å². The van der Waals surface area contributed by atoms with Crippen molar-refractivity contribution in [2.75, 3.05) is 19.4 Å². The largest absolute Gasteiger partial charge is 0.355 e. The molecule has 0 saturated heterocycles. The van der Waals surface area contributed by atoms with Crippen molar-refractivity contribution < 1.29 is 9.59 Å². The van der Waals surface area contributed by atoms with Gasteiger partial charge in [0.15, 0.2) is 0 Å². The molecule has 2 rings (SSSR count). The fraction of sp³-hybridized carbons (Fsp3) is 0.176. The van der Waals surface area contributed by atoms with E-state index in [4.69, 9.17) is 11.6 Å². The summed E-state index contributed by atoms with van der Waals surface area (Å²) in [7, 11) is 3.29. The van der Waals surface area contributed by atoms with Crippen molar-refractivity contribution in [2.45, 2.75) is 6.54 Å². The van der Waals surface area contributed by atoms with Gasteiger partial charge < -0.3 is 15.5 Å². The molecule has 0 radical (unpaired) electrons. The van der Waals surface area contributed by atoms with Gasteiger partial charge in [-0.05, 0) is 35.9 Å². The number of nitrogens with one attached hydrogen (secondary N) is 2. The van der Waals surface area contributed by atoms with Gasteiger partial charge in [-0.1, -0.05) is 29.8 Å². The lowest BCUT2D eigenvalue weighted by atomic mass is 10.1. The molecule has 0 spiro atoms. The second kappa shape index (κ2) is 7.65. The molecule has 0 atom stereocenters. The molecule has 0 heterocycles. The van der Waals surface area contributed by atoms with Gasteiger partial charge in [0.25, 0.3) is 5.91 Å². The van der Waals surface area contributed by atoms with Gasteiger partial charge in [-0.25, -0.2) is 4.79 Å². The van der Waals surface area contributed by atoms with E-state index in [1.54, 1.807) is 55.4 Å². The first-order valence-corrected chi connectivity index (χ1v) is 7.46. The Balaban J connectivity index is 1.96.